The average molecular weight is 354 g/mol. The lowest BCUT2D eigenvalue weighted by Crippen LogP contribution is -2.57. The predicted molar refractivity (Wildman–Crippen MR) is 73.9 cm³/mol. The lowest BCUT2D eigenvalue weighted by Gasteiger charge is -2.39. The standard InChI is InChI=1S/C15H16F6N2O/c16-14(17,18)11-9-23(8-10-4-2-1-3-5-10)7-6-12(11)22-13(24)15(19,20)21/h1-5,11-12H,6-9H2,(H,22,24). The zero-order chi connectivity index (χ0) is 18.0. The van der Waals surface area contributed by atoms with E-state index in [0.29, 0.717) is 0 Å². The van der Waals surface area contributed by atoms with E-state index in [4.69, 9.17) is 0 Å². The number of likely N-dealkylation sites (tertiary alicyclic amines) is 1. The van der Waals surface area contributed by atoms with Crippen LogP contribution in [0.2, 0.25) is 0 Å². The third-order valence-electron chi connectivity index (χ3n) is 3.94. The second-order valence-electron chi connectivity index (χ2n) is 5.74. The Balaban J connectivity index is 2.06. The topological polar surface area (TPSA) is 32.3 Å². The molecule has 0 saturated carbocycles. The van der Waals surface area contributed by atoms with Gasteiger partial charge in [-0.1, -0.05) is 30.3 Å². The van der Waals surface area contributed by atoms with Gasteiger partial charge < -0.3 is 5.32 Å². The molecule has 1 saturated heterocycles. The monoisotopic (exact) mass is 354 g/mol. The maximum absolute atomic E-state index is 13.2. The van der Waals surface area contributed by atoms with Crippen LogP contribution in [0.25, 0.3) is 0 Å². The number of rotatable bonds is 3. The second-order valence-corrected chi connectivity index (χ2v) is 5.74. The van der Waals surface area contributed by atoms with E-state index >= 15 is 0 Å². The minimum atomic E-state index is -5.20. The molecule has 2 rings (SSSR count). The number of amides is 1. The first kappa shape index (κ1) is 18.6. The van der Waals surface area contributed by atoms with E-state index in [1.165, 1.54) is 10.2 Å². The zero-order valence-electron chi connectivity index (χ0n) is 12.5. The Morgan fingerprint density at radius 3 is 2.29 bits per heavy atom. The number of alkyl halides is 6. The Bertz CT molecular complexity index is 557. The summed E-state index contributed by atoms with van der Waals surface area (Å²) in [5.74, 6) is -4.38. The van der Waals surface area contributed by atoms with Crippen LogP contribution in [0.5, 0.6) is 0 Å². The van der Waals surface area contributed by atoms with E-state index in [9.17, 15) is 31.1 Å². The molecule has 1 aliphatic rings. The summed E-state index contributed by atoms with van der Waals surface area (Å²) in [6.45, 7) is -0.0150. The molecule has 1 fully saturated rings. The summed E-state index contributed by atoms with van der Waals surface area (Å²) in [5, 5.41) is 1.49. The summed E-state index contributed by atoms with van der Waals surface area (Å²) in [7, 11) is 0. The van der Waals surface area contributed by atoms with Crippen LogP contribution in [0.3, 0.4) is 0 Å². The van der Waals surface area contributed by atoms with Crippen molar-refractivity contribution in [1.29, 1.82) is 0 Å². The Morgan fingerprint density at radius 1 is 1.12 bits per heavy atom. The fraction of sp³-hybridized carbons (Fsp3) is 0.533. The van der Waals surface area contributed by atoms with E-state index in [2.05, 4.69) is 0 Å². The summed E-state index contributed by atoms with van der Waals surface area (Å²) >= 11 is 0. The molecule has 0 radical (unpaired) electrons. The molecule has 3 nitrogen and oxygen atoms in total. The van der Waals surface area contributed by atoms with Gasteiger partial charge in [0, 0.05) is 25.7 Å². The Labute approximate surface area is 134 Å². The van der Waals surface area contributed by atoms with Crippen molar-refractivity contribution in [2.45, 2.75) is 31.4 Å². The lowest BCUT2D eigenvalue weighted by atomic mass is 9.91. The number of carbonyl (C=O) groups is 1. The van der Waals surface area contributed by atoms with Crippen LogP contribution in [-0.2, 0) is 11.3 Å². The highest BCUT2D eigenvalue weighted by Crippen LogP contribution is 2.34. The molecule has 2 unspecified atom stereocenters. The van der Waals surface area contributed by atoms with Gasteiger partial charge in [-0.2, -0.15) is 26.3 Å². The number of carbonyl (C=O) groups excluding carboxylic acids is 1. The molecule has 1 heterocycles. The number of nitrogens with zero attached hydrogens (tertiary/aromatic N) is 1. The molecular weight excluding hydrogens is 338 g/mol. The molecule has 1 N–H and O–H groups in total. The van der Waals surface area contributed by atoms with Gasteiger partial charge >= 0.3 is 18.3 Å². The first-order valence-electron chi connectivity index (χ1n) is 7.28. The van der Waals surface area contributed by atoms with Crippen molar-refractivity contribution in [3.8, 4) is 0 Å². The summed E-state index contributed by atoms with van der Waals surface area (Å²) in [5.41, 5.74) is 0.816. The van der Waals surface area contributed by atoms with Gasteiger partial charge in [0.15, 0.2) is 0 Å². The fourth-order valence-electron chi connectivity index (χ4n) is 2.76. The van der Waals surface area contributed by atoms with E-state index < -0.39 is 36.8 Å². The smallest absolute Gasteiger partial charge is 0.345 e. The molecule has 1 amide bonds. The Hall–Kier alpha value is -1.77. The maximum atomic E-state index is 13.2. The number of halogens is 6. The number of hydrogen-bond donors (Lipinski definition) is 1. The van der Waals surface area contributed by atoms with Crippen molar-refractivity contribution < 1.29 is 31.1 Å². The molecule has 0 aromatic heterocycles. The number of piperidine rings is 1. The normalized spacial score (nSPS) is 23.1. The van der Waals surface area contributed by atoms with Crippen LogP contribution in [0.4, 0.5) is 26.3 Å². The minimum Gasteiger partial charge on any atom is -0.345 e. The molecule has 2 atom stereocenters. The molecule has 0 aliphatic carbocycles. The quantitative estimate of drug-likeness (QED) is 0.846. The van der Waals surface area contributed by atoms with E-state index in [-0.39, 0.29) is 19.5 Å². The summed E-state index contributed by atoms with van der Waals surface area (Å²) in [4.78, 5) is 12.5. The van der Waals surface area contributed by atoms with Gasteiger partial charge in [-0.3, -0.25) is 9.69 Å². The van der Waals surface area contributed by atoms with Crippen LogP contribution >= 0.6 is 0 Å². The van der Waals surface area contributed by atoms with Crippen LogP contribution in [0, 0.1) is 5.92 Å². The maximum Gasteiger partial charge on any atom is 0.471 e. The summed E-state index contributed by atoms with van der Waals surface area (Å²) in [6, 6.07) is 7.24. The van der Waals surface area contributed by atoms with Crippen molar-refractivity contribution in [2.24, 2.45) is 5.92 Å². The molecule has 1 aliphatic heterocycles. The molecule has 9 heteroatoms. The molecule has 24 heavy (non-hydrogen) atoms. The second kappa shape index (κ2) is 7.00. The first-order valence-corrected chi connectivity index (χ1v) is 7.28. The van der Waals surface area contributed by atoms with Gasteiger partial charge in [0.25, 0.3) is 0 Å². The largest absolute Gasteiger partial charge is 0.471 e. The first-order chi connectivity index (χ1) is 11.1. The molecular formula is C15H16F6N2O. The van der Waals surface area contributed by atoms with Gasteiger partial charge in [-0.05, 0) is 12.0 Å². The Morgan fingerprint density at radius 2 is 1.75 bits per heavy atom. The number of benzene rings is 1. The van der Waals surface area contributed by atoms with Crippen LogP contribution in [-0.4, -0.2) is 42.3 Å². The van der Waals surface area contributed by atoms with Crippen molar-refractivity contribution in [3.63, 3.8) is 0 Å². The van der Waals surface area contributed by atoms with Crippen molar-refractivity contribution in [1.82, 2.24) is 10.2 Å². The van der Waals surface area contributed by atoms with E-state index in [1.54, 1.807) is 30.3 Å². The molecule has 134 valence electrons. The predicted octanol–water partition coefficient (Wildman–Crippen LogP) is 3.12. The van der Waals surface area contributed by atoms with Gasteiger partial charge in [0.05, 0.1) is 5.92 Å². The highest BCUT2D eigenvalue weighted by Gasteiger charge is 2.50. The molecule has 0 spiro atoms. The van der Waals surface area contributed by atoms with Crippen molar-refractivity contribution in [2.75, 3.05) is 13.1 Å². The highest BCUT2D eigenvalue weighted by atomic mass is 19.4. The third kappa shape index (κ3) is 4.86. The van der Waals surface area contributed by atoms with Crippen molar-refractivity contribution >= 4 is 5.91 Å². The van der Waals surface area contributed by atoms with Gasteiger partial charge in [-0.15, -0.1) is 0 Å². The minimum absolute atomic E-state index is 0.171. The summed E-state index contributed by atoms with van der Waals surface area (Å²) < 4.78 is 76.4. The van der Waals surface area contributed by atoms with Gasteiger partial charge in [0.2, 0.25) is 0 Å². The van der Waals surface area contributed by atoms with Crippen LogP contribution in [0.15, 0.2) is 30.3 Å². The molecule has 1 aromatic carbocycles. The number of hydrogen-bond acceptors (Lipinski definition) is 2. The van der Waals surface area contributed by atoms with Crippen LogP contribution in [0.1, 0.15) is 12.0 Å². The third-order valence-corrected chi connectivity index (χ3v) is 3.94. The fourth-order valence-corrected chi connectivity index (χ4v) is 2.76. The SMILES string of the molecule is O=C(NC1CCN(Cc2ccccc2)CC1C(F)(F)F)C(F)(F)F. The molecule has 0 bridgehead atoms. The Kier molecular flexibility index (Phi) is 5.42. The highest BCUT2D eigenvalue weighted by molar-refractivity contribution is 5.82. The van der Waals surface area contributed by atoms with Gasteiger partial charge in [0.1, 0.15) is 0 Å². The van der Waals surface area contributed by atoms with Crippen molar-refractivity contribution in [3.05, 3.63) is 35.9 Å². The van der Waals surface area contributed by atoms with Crippen LogP contribution < -0.4 is 5.32 Å². The summed E-state index contributed by atoms with van der Waals surface area (Å²) in [6.07, 6.45) is -10.1. The molecule has 1 aromatic rings. The van der Waals surface area contributed by atoms with Gasteiger partial charge in [-0.25, -0.2) is 0 Å². The number of nitrogens with one attached hydrogen (secondary N) is 1. The van der Waals surface area contributed by atoms with E-state index in [1.807, 2.05) is 0 Å². The zero-order valence-corrected chi connectivity index (χ0v) is 12.5. The lowest BCUT2D eigenvalue weighted by molar-refractivity contribution is -0.200. The van der Waals surface area contributed by atoms with E-state index in [0.717, 1.165) is 5.56 Å². The average Bonchev–Trinajstić information content (AvgIpc) is 2.47.